The molecule has 0 unspecified atom stereocenters. The van der Waals surface area contributed by atoms with E-state index in [1.165, 1.54) is 0 Å². The van der Waals surface area contributed by atoms with E-state index in [-0.39, 0.29) is 11.8 Å². The van der Waals surface area contributed by atoms with E-state index >= 15 is 0 Å². The predicted octanol–water partition coefficient (Wildman–Crippen LogP) is 4.65. The molecular weight excluding hydrogens is 464 g/mol. The molecule has 192 valence electrons. The van der Waals surface area contributed by atoms with Gasteiger partial charge in [-0.05, 0) is 67.8 Å². The Morgan fingerprint density at radius 1 is 1.05 bits per heavy atom. The van der Waals surface area contributed by atoms with Crippen LogP contribution >= 0.6 is 0 Å². The summed E-state index contributed by atoms with van der Waals surface area (Å²) in [6, 6.07) is 17.6. The number of nitrogens with zero attached hydrogens (tertiary/aromatic N) is 3. The first-order valence-electron chi connectivity index (χ1n) is 12.9. The van der Waals surface area contributed by atoms with Gasteiger partial charge in [0.1, 0.15) is 5.75 Å². The third kappa shape index (κ3) is 4.96. The average Bonchev–Trinajstić information content (AvgIpc) is 2.91. The summed E-state index contributed by atoms with van der Waals surface area (Å²) < 4.78 is 6.50. The van der Waals surface area contributed by atoms with Gasteiger partial charge in [-0.1, -0.05) is 24.3 Å². The third-order valence-corrected chi connectivity index (χ3v) is 7.64. The maximum absolute atomic E-state index is 13.4. The van der Waals surface area contributed by atoms with Crippen molar-refractivity contribution in [2.75, 3.05) is 20.1 Å². The van der Waals surface area contributed by atoms with Crippen molar-refractivity contribution >= 4 is 11.8 Å². The number of aryl methyl sites for hydroxylation is 1. The number of hydrogen-bond acceptors (Lipinski definition) is 5. The van der Waals surface area contributed by atoms with Crippen LogP contribution in [0.25, 0.3) is 11.1 Å². The molecule has 2 amide bonds. The number of amides is 2. The van der Waals surface area contributed by atoms with E-state index in [9.17, 15) is 9.59 Å². The normalized spacial score (nSPS) is 17.0. The molecule has 0 bridgehead atoms. The lowest BCUT2D eigenvalue weighted by atomic mass is 9.93. The molecule has 0 radical (unpaired) electrons. The monoisotopic (exact) mass is 498 g/mol. The summed E-state index contributed by atoms with van der Waals surface area (Å²) in [5, 5.41) is 2.93. The maximum Gasteiger partial charge on any atom is 0.260 e. The van der Waals surface area contributed by atoms with Gasteiger partial charge in [0.15, 0.2) is 5.72 Å². The van der Waals surface area contributed by atoms with Crippen molar-refractivity contribution in [3.05, 3.63) is 83.2 Å². The Labute approximate surface area is 218 Å². The van der Waals surface area contributed by atoms with Gasteiger partial charge in [-0.2, -0.15) is 0 Å². The average molecular weight is 499 g/mol. The van der Waals surface area contributed by atoms with Crippen molar-refractivity contribution in [2.24, 2.45) is 0 Å². The fourth-order valence-electron chi connectivity index (χ4n) is 5.13. The molecular formula is C30H34N4O3. The van der Waals surface area contributed by atoms with Gasteiger partial charge >= 0.3 is 0 Å². The van der Waals surface area contributed by atoms with Crippen molar-refractivity contribution in [1.29, 1.82) is 0 Å². The summed E-state index contributed by atoms with van der Waals surface area (Å²) in [6.07, 6.45) is 3.35. The van der Waals surface area contributed by atoms with E-state index in [0.717, 1.165) is 48.3 Å². The fourth-order valence-corrected chi connectivity index (χ4v) is 5.13. The summed E-state index contributed by atoms with van der Waals surface area (Å²) in [7, 11) is 1.85. The van der Waals surface area contributed by atoms with Crippen molar-refractivity contribution in [3.63, 3.8) is 0 Å². The van der Waals surface area contributed by atoms with Gasteiger partial charge in [-0.25, -0.2) is 0 Å². The molecule has 2 aliphatic heterocycles. The number of hydrogen-bond donors (Lipinski definition) is 1. The molecule has 0 aliphatic carbocycles. The number of fused-ring (bicyclic) bond motifs is 1. The second-order valence-corrected chi connectivity index (χ2v) is 10.3. The van der Waals surface area contributed by atoms with Crippen LogP contribution in [0.4, 0.5) is 0 Å². The van der Waals surface area contributed by atoms with E-state index in [0.29, 0.717) is 29.5 Å². The number of ether oxygens (including phenoxy) is 1. The van der Waals surface area contributed by atoms with Gasteiger partial charge in [0.25, 0.3) is 11.8 Å². The second-order valence-electron chi connectivity index (χ2n) is 10.3. The molecule has 5 rings (SSSR count). The molecule has 1 fully saturated rings. The molecule has 0 atom stereocenters. The quantitative estimate of drug-likeness (QED) is 0.554. The first-order chi connectivity index (χ1) is 17.8. The van der Waals surface area contributed by atoms with Crippen LogP contribution in [0.2, 0.25) is 0 Å². The van der Waals surface area contributed by atoms with Crippen LogP contribution in [-0.4, -0.2) is 58.5 Å². The lowest BCUT2D eigenvalue weighted by molar-refractivity contribution is -0.104. The van der Waals surface area contributed by atoms with E-state index in [2.05, 4.69) is 29.0 Å². The number of pyridine rings is 1. The lowest BCUT2D eigenvalue weighted by Crippen LogP contribution is -2.62. The molecule has 7 heteroatoms. The van der Waals surface area contributed by atoms with Gasteiger partial charge in [0.2, 0.25) is 0 Å². The lowest BCUT2D eigenvalue weighted by Gasteiger charge is -2.50. The highest BCUT2D eigenvalue weighted by atomic mass is 16.5. The van der Waals surface area contributed by atoms with Crippen LogP contribution in [0.5, 0.6) is 5.75 Å². The van der Waals surface area contributed by atoms with E-state index in [1.54, 1.807) is 23.2 Å². The largest absolute Gasteiger partial charge is 0.467 e. The SMILES string of the molecule is Cc1ccc(CNC(=O)c2ccc(-c3ccc4c(c3)C(=O)N(C)C3(CCN(C(C)C)CC3)O4)cc2)cn1. The Hall–Kier alpha value is -3.71. The smallest absolute Gasteiger partial charge is 0.260 e. The van der Waals surface area contributed by atoms with Crippen LogP contribution < -0.4 is 10.1 Å². The fraction of sp³-hybridized carbons (Fsp3) is 0.367. The van der Waals surface area contributed by atoms with Crippen molar-refractivity contribution in [2.45, 2.75) is 51.9 Å². The first-order valence-corrected chi connectivity index (χ1v) is 12.9. The molecule has 1 spiro atoms. The molecule has 3 aromatic rings. The number of nitrogens with one attached hydrogen (secondary N) is 1. The Morgan fingerprint density at radius 2 is 1.76 bits per heavy atom. The van der Waals surface area contributed by atoms with Crippen molar-refractivity contribution in [3.8, 4) is 16.9 Å². The van der Waals surface area contributed by atoms with Gasteiger partial charge in [-0.3, -0.25) is 14.6 Å². The van der Waals surface area contributed by atoms with Crippen LogP contribution in [0.1, 0.15) is 58.7 Å². The maximum atomic E-state index is 13.4. The topological polar surface area (TPSA) is 74.8 Å². The number of aromatic nitrogens is 1. The molecule has 1 saturated heterocycles. The summed E-state index contributed by atoms with van der Waals surface area (Å²) >= 11 is 0. The minimum absolute atomic E-state index is 0.0114. The molecule has 7 nitrogen and oxygen atoms in total. The third-order valence-electron chi connectivity index (χ3n) is 7.64. The molecule has 0 saturated carbocycles. The number of rotatable bonds is 5. The molecule has 1 aromatic heterocycles. The summed E-state index contributed by atoms with van der Waals surface area (Å²) in [6.45, 7) is 8.57. The number of likely N-dealkylation sites (tertiary alicyclic amines) is 1. The van der Waals surface area contributed by atoms with E-state index in [1.807, 2.05) is 56.4 Å². The predicted molar refractivity (Wildman–Crippen MR) is 143 cm³/mol. The summed E-state index contributed by atoms with van der Waals surface area (Å²) in [5.41, 5.74) is 4.31. The summed E-state index contributed by atoms with van der Waals surface area (Å²) in [5.74, 6) is 0.491. The second kappa shape index (κ2) is 9.98. The van der Waals surface area contributed by atoms with Gasteiger partial charge in [0, 0.05) is 63.0 Å². The van der Waals surface area contributed by atoms with Gasteiger partial charge < -0.3 is 19.9 Å². The van der Waals surface area contributed by atoms with Crippen LogP contribution in [0, 0.1) is 6.92 Å². The summed E-state index contributed by atoms with van der Waals surface area (Å²) in [4.78, 5) is 34.5. The van der Waals surface area contributed by atoms with E-state index < -0.39 is 5.72 Å². The minimum Gasteiger partial charge on any atom is -0.467 e. The molecule has 2 aliphatic rings. The van der Waals surface area contributed by atoms with Crippen LogP contribution in [0.3, 0.4) is 0 Å². The minimum atomic E-state index is -0.583. The zero-order valence-electron chi connectivity index (χ0n) is 22.0. The van der Waals surface area contributed by atoms with Gasteiger partial charge in [0.05, 0.1) is 5.56 Å². The van der Waals surface area contributed by atoms with Gasteiger partial charge in [-0.15, -0.1) is 0 Å². The first kappa shape index (κ1) is 25.0. The van der Waals surface area contributed by atoms with E-state index in [4.69, 9.17) is 4.74 Å². The van der Waals surface area contributed by atoms with Crippen LogP contribution in [0.15, 0.2) is 60.8 Å². The highest BCUT2D eigenvalue weighted by molar-refractivity contribution is 5.99. The van der Waals surface area contributed by atoms with Crippen LogP contribution in [-0.2, 0) is 6.54 Å². The molecule has 37 heavy (non-hydrogen) atoms. The number of benzene rings is 2. The molecule has 1 N–H and O–H groups in total. The highest BCUT2D eigenvalue weighted by Gasteiger charge is 2.47. The Kier molecular flexibility index (Phi) is 6.73. The molecule has 2 aromatic carbocycles. The zero-order chi connectivity index (χ0) is 26.2. The van der Waals surface area contributed by atoms with Crippen molar-refractivity contribution in [1.82, 2.24) is 20.1 Å². The Balaban J connectivity index is 1.28. The Morgan fingerprint density at radius 3 is 2.41 bits per heavy atom. The highest BCUT2D eigenvalue weighted by Crippen LogP contribution is 2.40. The molecule has 3 heterocycles. The number of carbonyl (C=O) groups is 2. The number of piperidine rings is 1. The van der Waals surface area contributed by atoms with Crippen molar-refractivity contribution < 1.29 is 14.3 Å². The Bertz CT molecular complexity index is 1290. The standard InChI is InChI=1S/C30H34N4O3/c1-20(2)34-15-13-30(14-16-34)33(4)29(36)26-17-25(11-12-27(26)37-30)23-7-9-24(10-8-23)28(35)32-19-22-6-5-21(3)31-18-22/h5-12,17-18,20H,13-16,19H2,1-4H3,(H,32,35). The zero-order valence-corrected chi connectivity index (χ0v) is 22.0. The number of carbonyl (C=O) groups excluding carboxylic acids is 2.